The van der Waals surface area contributed by atoms with Gasteiger partial charge in [-0.1, -0.05) is 25.8 Å². The quantitative estimate of drug-likeness (QED) is 0.172. The number of ether oxygens (including phenoxy) is 3. The molecule has 38 heavy (non-hydrogen) atoms. The highest BCUT2D eigenvalue weighted by Crippen LogP contribution is 2.42. The number of benzene rings is 2. The van der Waals surface area contributed by atoms with Crippen LogP contribution in [0.25, 0.3) is 5.76 Å². The summed E-state index contributed by atoms with van der Waals surface area (Å²) in [5, 5.41) is 11.5. The predicted octanol–water partition coefficient (Wildman–Crippen LogP) is 4.95. The Bertz CT molecular complexity index is 1170. The molecule has 8 nitrogen and oxygen atoms in total. The maximum absolute atomic E-state index is 13.4. The molecule has 206 valence electrons. The lowest BCUT2D eigenvalue weighted by Gasteiger charge is -2.27. The molecule has 1 heterocycles. The molecule has 8 heteroatoms. The summed E-state index contributed by atoms with van der Waals surface area (Å²) in [4.78, 5) is 30.1. The third-order valence-electron chi connectivity index (χ3n) is 6.60. The number of carbonyl (C=O) groups excluding carboxylic acids is 2. The van der Waals surface area contributed by atoms with E-state index in [1.54, 1.807) is 31.4 Å². The summed E-state index contributed by atoms with van der Waals surface area (Å²) in [6.45, 7) is 7.83. The Kier molecular flexibility index (Phi) is 10.2. The number of Topliss-reactive ketones (excluding diaryl/α,β-unsaturated/α-hetero) is 1. The van der Waals surface area contributed by atoms with Crippen LogP contribution in [-0.2, 0) is 9.59 Å². The van der Waals surface area contributed by atoms with E-state index in [2.05, 4.69) is 6.92 Å². The van der Waals surface area contributed by atoms with E-state index in [0.29, 0.717) is 54.7 Å². The van der Waals surface area contributed by atoms with Gasteiger partial charge in [-0.3, -0.25) is 9.59 Å². The molecule has 1 aliphatic heterocycles. The van der Waals surface area contributed by atoms with Crippen molar-refractivity contribution in [1.29, 1.82) is 0 Å². The number of methoxy groups -OCH3 is 1. The molecule has 1 atom stereocenters. The second-order valence-corrected chi connectivity index (χ2v) is 9.67. The number of hydrogen-bond donors (Lipinski definition) is 1. The minimum absolute atomic E-state index is 0.0553. The molecule has 0 bridgehead atoms. The SMILES string of the molecule is CCCCCOc1ccc(C2/C(=C(\O)c3ccc(OCC)cc3C)C(=O)C(=O)N2CCN(C)C)cc1OC. The molecule has 0 aromatic heterocycles. The molecule has 0 saturated carbocycles. The zero-order chi connectivity index (χ0) is 27.8. The van der Waals surface area contributed by atoms with Gasteiger partial charge in [0.2, 0.25) is 0 Å². The van der Waals surface area contributed by atoms with Gasteiger partial charge in [-0.05, 0) is 75.8 Å². The van der Waals surface area contributed by atoms with Gasteiger partial charge < -0.3 is 29.1 Å². The first-order chi connectivity index (χ1) is 18.2. The van der Waals surface area contributed by atoms with E-state index in [-0.39, 0.29) is 11.3 Å². The molecular weight excluding hydrogens is 484 g/mol. The molecule has 1 unspecified atom stereocenters. The third kappa shape index (κ3) is 6.48. The molecule has 2 aromatic rings. The summed E-state index contributed by atoms with van der Waals surface area (Å²) in [6.07, 6.45) is 3.11. The van der Waals surface area contributed by atoms with Gasteiger partial charge in [0.05, 0.1) is 31.9 Å². The van der Waals surface area contributed by atoms with Gasteiger partial charge in [-0.2, -0.15) is 0 Å². The van der Waals surface area contributed by atoms with Crippen LogP contribution in [0.5, 0.6) is 17.2 Å². The Morgan fingerprint density at radius 2 is 1.79 bits per heavy atom. The van der Waals surface area contributed by atoms with E-state index in [9.17, 15) is 14.7 Å². The predicted molar refractivity (Wildman–Crippen MR) is 148 cm³/mol. The Hall–Kier alpha value is -3.52. The number of aliphatic hydroxyl groups excluding tert-OH is 1. The standard InChI is InChI=1S/C30H40N2O6/c1-7-9-10-17-38-24-14-11-21(19-25(24)36-6)27-26(29(34)30(35)32(27)16-15-31(4)5)28(33)23-13-12-22(37-8-2)18-20(23)3/h11-14,18-19,27,33H,7-10,15-17H2,1-6H3/b28-26+. The minimum atomic E-state index is -0.774. The van der Waals surface area contributed by atoms with Crippen LogP contribution in [0.15, 0.2) is 42.0 Å². The molecule has 2 aromatic carbocycles. The van der Waals surface area contributed by atoms with E-state index in [4.69, 9.17) is 14.2 Å². The molecule has 1 fully saturated rings. The number of amides is 1. The average molecular weight is 525 g/mol. The van der Waals surface area contributed by atoms with Gasteiger partial charge in [0.15, 0.2) is 11.5 Å². The first-order valence-corrected chi connectivity index (χ1v) is 13.2. The van der Waals surface area contributed by atoms with Gasteiger partial charge in [0, 0.05) is 18.7 Å². The molecule has 1 saturated heterocycles. The number of hydrogen-bond acceptors (Lipinski definition) is 7. The monoisotopic (exact) mass is 524 g/mol. The lowest BCUT2D eigenvalue weighted by Crippen LogP contribution is -2.35. The Morgan fingerprint density at radius 1 is 1.03 bits per heavy atom. The topological polar surface area (TPSA) is 88.5 Å². The van der Waals surface area contributed by atoms with Crippen molar-refractivity contribution in [1.82, 2.24) is 9.80 Å². The average Bonchev–Trinajstić information content (AvgIpc) is 3.14. The molecule has 1 aliphatic rings. The van der Waals surface area contributed by atoms with Crippen LogP contribution in [-0.4, -0.2) is 74.1 Å². The van der Waals surface area contributed by atoms with Crippen molar-refractivity contribution in [3.8, 4) is 17.2 Å². The fraction of sp³-hybridized carbons (Fsp3) is 0.467. The van der Waals surface area contributed by atoms with Crippen molar-refractivity contribution in [2.45, 2.75) is 46.1 Å². The fourth-order valence-electron chi connectivity index (χ4n) is 4.58. The van der Waals surface area contributed by atoms with Gasteiger partial charge >= 0.3 is 0 Å². The summed E-state index contributed by atoms with van der Waals surface area (Å²) in [5.41, 5.74) is 1.93. The fourth-order valence-corrected chi connectivity index (χ4v) is 4.58. The van der Waals surface area contributed by atoms with E-state index in [1.807, 2.05) is 45.0 Å². The van der Waals surface area contributed by atoms with E-state index in [0.717, 1.165) is 24.8 Å². The smallest absolute Gasteiger partial charge is 0.295 e. The van der Waals surface area contributed by atoms with E-state index in [1.165, 1.54) is 4.90 Å². The second kappa shape index (κ2) is 13.3. The summed E-state index contributed by atoms with van der Waals surface area (Å²) in [7, 11) is 5.37. The Balaban J connectivity index is 2.09. The number of rotatable bonds is 13. The van der Waals surface area contributed by atoms with Crippen LogP contribution in [0.2, 0.25) is 0 Å². The molecule has 0 spiro atoms. The lowest BCUT2D eigenvalue weighted by molar-refractivity contribution is -0.140. The van der Waals surface area contributed by atoms with E-state index < -0.39 is 17.7 Å². The first kappa shape index (κ1) is 29.0. The zero-order valence-electron chi connectivity index (χ0n) is 23.4. The van der Waals surface area contributed by atoms with Crippen LogP contribution in [0.3, 0.4) is 0 Å². The molecule has 0 radical (unpaired) electrons. The maximum Gasteiger partial charge on any atom is 0.295 e. The number of carbonyl (C=O) groups is 2. The highest BCUT2D eigenvalue weighted by molar-refractivity contribution is 6.46. The number of nitrogens with zero attached hydrogens (tertiary/aromatic N) is 2. The lowest BCUT2D eigenvalue weighted by atomic mass is 9.93. The van der Waals surface area contributed by atoms with Gasteiger partial charge in [0.25, 0.3) is 11.7 Å². The summed E-state index contributed by atoms with van der Waals surface area (Å²) >= 11 is 0. The number of likely N-dealkylation sites (N-methyl/N-ethyl adjacent to an activating group) is 1. The number of aliphatic hydroxyl groups is 1. The van der Waals surface area contributed by atoms with Crippen molar-refractivity contribution in [2.24, 2.45) is 0 Å². The molecule has 1 N–H and O–H groups in total. The molecule has 1 amide bonds. The van der Waals surface area contributed by atoms with Crippen LogP contribution in [0.4, 0.5) is 0 Å². The Morgan fingerprint density at radius 3 is 2.42 bits per heavy atom. The number of unbranched alkanes of at least 4 members (excludes halogenated alkanes) is 2. The molecule has 3 rings (SSSR count). The van der Waals surface area contributed by atoms with Crippen LogP contribution in [0.1, 0.15) is 55.8 Å². The minimum Gasteiger partial charge on any atom is -0.507 e. The van der Waals surface area contributed by atoms with Gasteiger partial charge in [-0.25, -0.2) is 0 Å². The van der Waals surface area contributed by atoms with Crippen molar-refractivity contribution in [3.05, 3.63) is 58.7 Å². The van der Waals surface area contributed by atoms with E-state index >= 15 is 0 Å². The largest absolute Gasteiger partial charge is 0.507 e. The van der Waals surface area contributed by atoms with Crippen LogP contribution < -0.4 is 14.2 Å². The van der Waals surface area contributed by atoms with Crippen molar-refractivity contribution >= 4 is 17.4 Å². The summed E-state index contributed by atoms with van der Waals surface area (Å²) in [6, 6.07) is 9.91. The van der Waals surface area contributed by atoms with Crippen molar-refractivity contribution in [3.63, 3.8) is 0 Å². The van der Waals surface area contributed by atoms with Gasteiger partial charge in [0.1, 0.15) is 11.5 Å². The van der Waals surface area contributed by atoms with Crippen LogP contribution in [0, 0.1) is 6.92 Å². The van der Waals surface area contributed by atoms with Crippen molar-refractivity contribution < 1.29 is 28.9 Å². The maximum atomic E-state index is 13.4. The van der Waals surface area contributed by atoms with Crippen LogP contribution >= 0.6 is 0 Å². The van der Waals surface area contributed by atoms with Gasteiger partial charge in [-0.15, -0.1) is 0 Å². The second-order valence-electron chi connectivity index (χ2n) is 9.67. The highest BCUT2D eigenvalue weighted by Gasteiger charge is 2.46. The third-order valence-corrected chi connectivity index (χ3v) is 6.60. The normalized spacial score (nSPS) is 16.8. The summed E-state index contributed by atoms with van der Waals surface area (Å²) < 4.78 is 17.1. The molecular formula is C30H40N2O6. The number of likely N-dealkylation sites (tertiary alicyclic amines) is 1. The first-order valence-electron chi connectivity index (χ1n) is 13.2. The Labute approximate surface area is 225 Å². The highest BCUT2D eigenvalue weighted by atomic mass is 16.5. The number of aryl methyl sites for hydroxylation is 1. The molecule has 0 aliphatic carbocycles. The number of ketones is 1. The van der Waals surface area contributed by atoms with Crippen molar-refractivity contribution in [2.75, 3.05) is 47.5 Å². The zero-order valence-corrected chi connectivity index (χ0v) is 23.4. The summed E-state index contributed by atoms with van der Waals surface area (Å²) in [5.74, 6) is 0.220.